The van der Waals surface area contributed by atoms with E-state index in [0.717, 1.165) is 17.8 Å². The maximum atomic E-state index is 12.2. The summed E-state index contributed by atoms with van der Waals surface area (Å²) in [5.74, 6) is 3.40. The monoisotopic (exact) mass is 370 g/mol. The smallest absolute Gasteiger partial charge is 0.364 e. The number of rotatable bonds is 5. The molecule has 0 radical (unpaired) electrons. The van der Waals surface area contributed by atoms with Crippen molar-refractivity contribution in [3.8, 4) is 0 Å². The average Bonchev–Trinajstić information content (AvgIpc) is 2.66. The van der Waals surface area contributed by atoms with Crippen LogP contribution in [0.4, 0.5) is 13.2 Å². The van der Waals surface area contributed by atoms with Crippen LogP contribution < -0.4 is 0 Å². The van der Waals surface area contributed by atoms with Crippen molar-refractivity contribution >= 4 is 0 Å². The predicted molar refractivity (Wildman–Crippen MR) is 98.8 cm³/mol. The molecule has 3 aliphatic carbocycles. The summed E-state index contributed by atoms with van der Waals surface area (Å²) in [5, 5.41) is 0. The number of ether oxygens (including phenoxy) is 1. The first-order chi connectivity index (χ1) is 12.4. The van der Waals surface area contributed by atoms with Crippen LogP contribution in [0.1, 0.15) is 71.1 Å². The van der Waals surface area contributed by atoms with Gasteiger partial charge in [-0.1, -0.05) is 44.4 Å². The minimum atomic E-state index is -4.24. The van der Waals surface area contributed by atoms with Crippen LogP contribution >= 0.6 is 0 Å². The van der Waals surface area contributed by atoms with Crippen LogP contribution in [0.5, 0.6) is 0 Å². The van der Waals surface area contributed by atoms with Gasteiger partial charge in [0.25, 0.3) is 0 Å². The average molecular weight is 370 g/mol. The van der Waals surface area contributed by atoms with Crippen molar-refractivity contribution in [2.75, 3.05) is 6.61 Å². The third kappa shape index (κ3) is 5.61. The summed E-state index contributed by atoms with van der Waals surface area (Å²) in [6.45, 7) is 1.16. The van der Waals surface area contributed by atoms with Crippen molar-refractivity contribution in [2.24, 2.45) is 23.7 Å². The van der Waals surface area contributed by atoms with Gasteiger partial charge in [-0.2, -0.15) is 13.2 Å². The first-order valence-electron chi connectivity index (χ1n) is 10.5. The van der Waals surface area contributed by atoms with Gasteiger partial charge in [-0.05, 0) is 74.2 Å². The fraction of sp³-hybridized carbons (Fsp3) is 0.818. The first-order valence-corrected chi connectivity index (χ1v) is 10.5. The van der Waals surface area contributed by atoms with E-state index in [2.05, 4.69) is 13.0 Å². The maximum absolute atomic E-state index is 12.2. The van der Waals surface area contributed by atoms with Crippen LogP contribution in [0.15, 0.2) is 23.8 Å². The summed E-state index contributed by atoms with van der Waals surface area (Å²) in [4.78, 5) is 0. The van der Waals surface area contributed by atoms with E-state index >= 15 is 0 Å². The fourth-order valence-electron chi connectivity index (χ4n) is 5.24. The lowest BCUT2D eigenvalue weighted by atomic mass is 9.68. The van der Waals surface area contributed by atoms with Crippen LogP contribution in [0.25, 0.3) is 0 Å². The third-order valence-electron chi connectivity index (χ3n) is 6.93. The Kier molecular flexibility index (Phi) is 6.87. The van der Waals surface area contributed by atoms with E-state index in [9.17, 15) is 13.2 Å². The lowest BCUT2D eigenvalue weighted by molar-refractivity contribution is -0.180. The molecule has 0 aliphatic heterocycles. The van der Waals surface area contributed by atoms with Gasteiger partial charge in [-0.3, -0.25) is 0 Å². The molecule has 148 valence electrons. The van der Waals surface area contributed by atoms with Crippen molar-refractivity contribution in [1.82, 2.24) is 0 Å². The van der Waals surface area contributed by atoms with Crippen molar-refractivity contribution in [2.45, 2.75) is 83.4 Å². The molecule has 0 N–H and O–H groups in total. The molecule has 3 aliphatic rings. The summed E-state index contributed by atoms with van der Waals surface area (Å²) in [5.41, 5.74) is 1.32. The second-order valence-corrected chi connectivity index (χ2v) is 8.56. The Bertz CT molecular complexity index is 492. The van der Waals surface area contributed by atoms with E-state index in [4.69, 9.17) is 4.74 Å². The largest absolute Gasteiger partial charge is 0.411 e. The van der Waals surface area contributed by atoms with Gasteiger partial charge in [-0.25, -0.2) is 0 Å². The number of halogens is 3. The Morgan fingerprint density at radius 3 is 2.08 bits per heavy atom. The fourth-order valence-corrected chi connectivity index (χ4v) is 5.24. The van der Waals surface area contributed by atoms with Gasteiger partial charge in [0.2, 0.25) is 0 Å². The molecule has 0 heterocycles. The van der Waals surface area contributed by atoms with E-state index < -0.39 is 18.9 Å². The zero-order valence-corrected chi connectivity index (χ0v) is 15.9. The van der Waals surface area contributed by atoms with E-state index in [-0.39, 0.29) is 0 Å². The highest BCUT2D eigenvalue weighted by molar-refractivity contribution is 5.27. The SMILES string of the molecule is CC[C@H]1CC[C@H](C2CCC(C3=CCC(OCC(F)(F)F)C=C3)CC2)CC1. The number of hydrogen-bond acceptors (Lipinski definition) is 1. The Balaban J connectivity index is 1.40. The number of alkyl halides is 3. The zero-order chi connectivity index (χ0) is 18.6. The summed E-state index contributed by atoms with van der Waals surface area (Å²) in [6, 6.07) is 0. The van der Waals surface area contributed by atoms with Gasteiger partial charge in [0.1, 0.15) is 6.61 Å². The minimum absolute atomic E-state index is 0.425. The summed E-state index contributed by atoms with van der Waals surface area (Å²) in [6.07, 6.45) is 14.0. The molecule has 2 fully saturated rings. The Hall–Kier alpha value is -0.770. The van der Waals surface area contributed by atoms with Gasteiger partial charge < -0.3 is 4.74 Å². The van der Waals surface area contributed by atoms with E-state index in [1.807, 2.05) is 12.2 Å². The molecule has 2 saturated carbocycles. The number of allylic oxidation sites excluding steroid dienone is 2. The quantitative estimate of drug-likeness (QED) is 0.514. The molecule has 0 amide bonds. The number of hydrogen-bond donors (Lipinski definition) is 0. The molecule has 4 heteroatoms. The Labute approximate surface area is 156 Å². The summed E-state index contributed by atoms with van der Waals surface area (Å²) < 4.78 is 41.7. The second-order valence-electron chi connectivity index (χ2n) is 8.56. The van der Waals surface area contributed by atoms with Crippen molar-refractivity contribution in [3.63, 3.8) is 0 Å². The highest BCUT2D eigenvalue weighted by atomic mass is 19.4. The molecule has 0 saturated heterocycles. The van der Waals surface area contributed by atoms with Gasteiger partial charge >= 0.3 is 6.18 Å². The zero-order valence-electron chi connectivity index (χ0n) is 15.9. The highest BCUT2D eigenvalue weighted by Gasteiger charge is 2.32. The van der Waals surface area contributed by atoms with Gasteiger partial charge in [-0.15, -0.1) is 0 Å². The molecule has 0 aromatic carbocycles. The predicted octanol–water partition coefficient (Wildman–Crippen LogP) is 6.84. The van der Waals surface area contributed by atoms with Gasteiger partial charge in [0, 0.05) is 0 Å². The normalized spacial score (nSPS) is 36.0. The maximum Gasteiger partial charge on any atom is 0.411 e. The lowest BCUT2D eigenvalue weighted by Gasteiger charge is -2.38. The topological polar surface area (TPSA) is 9.23 Å². The standard InChI is InChI=1S/C22H33F3O/c1-2-16-3-5-17(6-4-16)18-7-9-19(10-8-18)20-11-13-21(14-12-20)26-15-22(23,24)25/h11-13,16-19,21H,2-10,14-15H2,1H3/t16-,17-,18?,19?,21?. The van der Waals surface area contributed by atoms with Crippen molar-refractivity contribution < 1.29 is 17.9 Å². The molecule has 3 rings (SSSR count). The molecular weight excluding hydrogens is 337 g/mol. The molecule has 26 heavy (non-hydrogen) atoms. The highest BCUT2D eigenvalue weighted by Crippen LogP contribution is 2.43. The summed E-state index contributed by atoms with van der Waals surface area (Å²) >= 11 is 0. The summed E-state index contributed by atoms with van der Waals surface area (Å²) in [7, 11) is 0. The Morgan fingerprint density at radius 1 is 0.962 bits per heavy atom. The van der Waals surface area contributed by atoms with E-state index in [1.165, 1.54) is 63.4 Å². The molecule has 0 aromatic rings. The van der Waals surface area contributed by atoms with Crippen LogP contribution in [0, 0.1) is 23.7 Å². The van der Waals surface area contributed by atoms with Gasteiger partial charge in [0.15, 0.2) is 0 Å². The van der Waals surface area contributed by atoms with Crippen LogP contribution in [0.2, 0.25) is 0 Å². The van der Waals surface area contributed by atoms with E-state index in [1.54, 1.807) is 0 Å². The molecule has 1 nitrogen and oxygen atoms in total. The van der Waals surface area contributed by atoms with Crippen molar-refractivity contribution in [1.29, 1.82) is 0 Å². The van der Waals surface area contributed by atoms with Crippen LogP contribution in [-0.2, 0) is 4.74 Å². The molecule has 1 unspecified atom stereocenters. The van der Waals surface area contributed by atoms with Gasteiger partial charge in [0.05, 0.1) is 6.10 Å². The van der Waals surface area contributed by atoms with Crippen LogP contribution in [-0.4, -0.2) is 18.9 Å². The minimum Gasteiger partial charge on any atom is -0.364 e. The molecule has 0 spiro atoms. The molecule has 0 aromatic heterocycles. The van der Waals surface area contributed by atoms with E-state index in [0.29, 0.717) is 12.3 Å². The molecule has 1 atom stereocenters. The lowest BCUT2D eigenvalue weighted by Crippen LogP contribution is -2.27. The molecule has 0 bridgehead atoms. The first kappa shape index (κ1) is 20.0. The van der Waals surface area contributed by atoms with Crippen LogP contribution in [0.3, 0.4) is 0 Å². The third-order valence-corrected chi connectivity index (χ3v) is 6.93. The Morgan fingerprint density at radius 2 is 1.58 bits per heavy atom. The molecular formula is C22H33F3O. The van der Waals surface area contributed by atoms with Crippen molar-refractivity contribution in [3.05, 3.63) is 23.8 Å². The second kappa shape index (κ2) is 8.95.